The number of nitrogens with zero attached hydrogens (tertiary/aromatic N) is 2. The molecule has 0 unspecified atom stereocenters. The fourth-order valence-corrected chi connectivity index (χ4v) is 6.34. The van der Waals surface area contributed by atoms with Gasteiger partial charge in [0.05, 0.1) is 22.6 Å². The van der Waals surface area contributed by atoms with Crippen molar-refractivity contribution >= 4 is 0 Å². The molecule has 0 fully saturated rings. The number of nitriles is 2. The molecule has 2 aliphatic rings. The normalized spacial score (nSPS) is 13.3. The van der Waals surface area contributed by atoms with Crippen molar-refractivity contribution in [1.29, 1.82) is 10.5 Å². The van der Waals surface area contributed by atoms with Crippen molar-refractivity contribution in [3.8, 4) is 45.5 Å². The lowest BCUT2D eigenvalue weighted by atomic mass is 9.70. The Bertz CT molecular complexity index is 1790. The number of hydrogen-bond donors (Lipinski definition) is 0. The average Bonchev–Trinajstić information content (AvgIpc) is 3.40. The van der Waals surface area contributed by atoms with E-state index < -0.39 is 11.2 Å². The molecule has 7 rings (SSSR count). The van der Waals surface area contributed by atoms with Gasteiger partial charge in [-0.05, 0) is 62.2 Å². The standard InChI is InChI=1S/C33H17FN2/c34-31-17-26(20(18-35)16-21(31)19-36)24-11-7-15-30-32(24)25-10-3-6-14-29(25)33(30)27-12-4-1-8-22(27)23-9-2-5-13-28(23)33/h1-17H. The van der Waals surface area contributed by atoms with E-state index in [1.54, 1.807) is 0 Å². The molecule has 0 saturated carbocycles. The molecule has 0 amide bonds. The predicted octanol–water partition coefficient (Wildman–Crippen LogP) is 7.58. The van der Waals surface area contributed by atoms with Crippen molar-refractivity contribution < 1.29 is 4.39 Å². The van der Waals surface area contributed by atoms with E-state index in [9.17, 15) is 14.9 Å². The van der Waals surface area contributed by atoms with E-state index >= 15 is 0 Å². The van der Waals surface area contributed by atoms with Gasteiger partial charge in [-0.2, -0.15) is 10.5 Å². The highest BCUT2D eigenvalue weighted by Crippen LogP contribution is 2.63. The Morgan fingerprint density at radius 1 is 0.500 bits per heavy atom. The lowest BCUT2D eigenvalue weighted by Crippen LogP contribution is -2.25. The second-order valence-electron chi connectivity index (χ2n) is 9.22. The molecule has 2 aliphatic carbocycles. The van der Waals surface area contributed by atoms with Crippen LogP contribution in [0.5, 0.6) is 0 Å². The van der Waals surface area contributed by atoms with Gasteiger partial charge in [0.2, 0.25) is 0 Å². The van der Waals surface area contributed by atoms with E-state index in [-0.39, 0.29) is 11.1 Å². The number of hydrogen-bond acceptors (Lipinski definition) is 2. The van der Waals surface area contributed by atoms with Crippen molar-refractivity contribution in [3.05, 3.63) is 142 Å². The van der Waals surface area contributed by atoms with Crippen LogP contribution in [0.15, 0.2) is 103 Å². The van der Waals surface area contributed by atoms with Gasteiger partial charge in [-0.3, -0.25) is 0 Å². The van der Waals surface area contributed by atoms with Crippen molar-refractivity contribution in [3.63, 3.8) is 0 Å². The minimum Gasteiger partial charge on any atom is -0.206 e. The molecule has 0 heterocycles. The third-order valence-corrected chi connectivity index (χ3v) is 7.66. The maximum Gasteiger partial charge on any atom is 0.141 e. The molecule has 0 saturated heterocycles. The smallest absolute Gasteiger partial charge is 0.141 e. The lowest BCUT2D eigenvalue weighted by Gasteiger charge is -2.30. The van der Waals surface area contributed by atoms with Crippen LogP contribution in [0, 0.1) is 28.5 Å². The SMILES string of the molecule is N#Cc1cc(C#N)c(-c2cccc3c2-c2ccccc2C32c3ccccc3-c3ccccc32)cc1F. The van der Waals surface area contributed by atoms with Gasteiger partial charge in [-0.1, -0.05) is 91.0 Å². The number of fused-ring (bicyclic) bond motifs is 10. The van der Waals surface area contributed by atoms with E-state index in [0.29, 0.717) is 5.56 Å². The number of rotatable bonds is 1. The zero-order valence-corrected chi connectivity index (χ0v) is 19.1. The molecule has 0 bridgehead atoms. The quantitative estimate of drug-likeness (QED) is 0.253. The van der Waals surface area contributed by atoms with Crippen molar-refractivity contribution in [1.82, 2.24) is 0 Å². The molecule has 0 aromatic heterocycles. The highest BCUT2D eigenvalue weighted by atomic mass is 19.1. The first-order valence-corrected chi connectivity index (χ1v) is 11.8. The maximum absolute atomic E-state index is 14.9. The fourth-order valence-electron chi connectivity index (χ4n) is 6.34. The van der Waals surface area contributed by atoms with Crippen LogP contribution in [0.2, 0.25) is 0 Å². The van der Waals surface area contributed by atoms with E-state index in [1.165, 1.54) is 39.9 Å². The van der Waals surface area contributed by atoms with E-state index in [4.69, 9.17) is 0 Å². The van der Waals surface area contributed by atoms with Crippen molar-refractivity contribution in [2.24, 2.45) is 0 Å². The van der Waals surface area contributed by atoms with Gasteiger partial charge in [0.15, 0.2) is 0 Å². The van der Waals surface area contributed by atoms with Gasteiger partial charge >= 0.3 is 0 Å². The summed E-state index contributed by atoms with van der Waals surface area (Å²) in [5.41, 5.74) is 10.2. The second-order valence-corrected chi connectivity index (χ2v) is 9.22. The molecule has 0 atom stereocenters. The van der Waals surface area contributed by atoms with Crippen LogP contribution in [0.4, 0.5) is 4.39 Å². The Morgan fingerprint density at radius 3 is 1.61 bits per heavy atom. The minimum atomic E-state index is -0.623. The van der Waals surface area contributed by atoms with Crippen LogP contribution in [0.3, 0.4) is 0 Å². The van der Waals surface area contributed by atoms with Gasteiger partial charge in [0, 0.05) is 5.56 Å². The molecule has 0 N–H and O–H groups in total. The van der Waals surface area contributed by atoms with Crippen LogP contribution >= 0.6 is 0 Å². The molecule has 5 aromatic carbocycles. The molecule has 0 aliphatic heterocycles. The van der Waals surface area contributed by atoms with Gasteiger partial charge in [0.1, 0.15) is 11.9 Å². The Hall–Kier alpha value is -4.99. The van der Waals surface area contributed by atoms with Crippen LogP contribution in [0.25, 0.3) is 33.4 Å². The van der Waals surface area contributed by atoms with Gasteiger partial charge in [0.25, 0.3) is 0 Å². The van der Waals surface area contributed by atoms with E-state index in [2.05, 4.69) is 78.9 Å². The summed E-state index contributed by atoms with van der Waals surface area (Å²) in [6, 6.07) is 38.3. The van der Waals surface area contributed by atoms with Gasteiger partial charge in [-0.15, -0.1) is 0 Å². The summed E-state index contributed by atoms with van der Waals surface area (Å²) < 4.78 is 14.9. The first-order chi connectivity index (χ1) is 17.7. The first kappa shape index (κ1) is 20.4. The van der Waals surface area contributed by atoms with Crippen molar-refractivity contribution in [2.45, 2.75) is 5.41 Å². The van der Waals surface area contributed by atoms with Crippen LogP contribution in [-0.2, 0) is 5.41 Å². The lowest BCUT2D eigenvalue weighted by molar-refractivity contribution is 0.624. The largest absolute Gasteiger partial charge is 0.206 e. The molecular weight excluding hydrogens is 443 g/mol. The molecule has 3 heteroatoms. The monoisotopic (exact) mass is 460 g/mol. The Morgan fingerprint density at radius 2 is 1.00 bits per heavy atom. The molecule has 2 nitrogen and oxygen atoms in total. The number of benzene rings is 5. The number of halogens is 1. The summed E-state index contributed by atoms with van der Waals surface area (Å²) in [6.45, 7) is 0. The van der Waals surface area contributed by atoms with Gasteiger partial charge < -0.3 is 0 Å². The van der Waals surface area contributed by atoms with Crippen LogP contribution < -0.4 is 0 Å². The summed E-state index contributed by atoms with van der Waals surface area (Å²) in [4.78, 5) is 0. The fraction of sp³-hybridized carbons (Fsp3) is 0.0303. The highest BCUT2D eigenvalue weighted by Gasteiger charge is 2.51. The minimum absolute atomic E-state index is 0.126. The zero-order valence-electron chi connectivity index (χ0n) is 19.1. The summed E-state index contributed by atoms with van der Waals surface area (Å²) in [5, 5.41) is 19.2. The topological polar surface area (TPSA) is 47.6 Å². The molecule has 1 spiro atoms. The molecule has 166 valence electrons. The molecule has 5 aromatic rings. The molecule has 0 radical (unpaired) electrons. The first-order valence-electron chi connectivity index (χ1n) is 11.8. The average molecular weight is 461 g/mol. The Labute approximate surface area is 208 Å². The predicted molar refractivity (Wildman–Crippen MR) is 138 cm³/mol. The summed E-state index contributed by atoms with van der Waals surface area (Å²) in [7, 11) is 0. The maximum atomic E-state index is 14.9. The third-order valence-electron chi connectivity index (χ3n) is 7.66. The third kappa shape index (κ3) is 2.37. The Balaban J connectivity index is 1.65. The summed E-state index contributed by atoms with van der Waals surface area (Å²) >= 11 is 0. The van der Waals surface area contributed by atoms with E-state index in [1.807, 2.05) is 24.3 Å². The molecular formula is C33H17FN2. The summed E-state index contributed by atoms with van der Waals surface area (Å²) in [5.74, 6) is -0.623. The molecule has 36 heavy (non-hydrogen) atoms. The Kier molecular flexibility index (Phi) is 4.11. The van der Waals surface area contributed by atoms with E-state index in [0.717, 1.165) is 22.3 Å². The second kappa shape index (κ2) is 7.25. The van der Waals surface area contributed by atoms with Gasteiger partial charge in [-0.25, -0.2) is 4.39 Å². The summed E-state index contributed by atoms with van der Waals surface area (Å²) in [6.07, 6.45) is 0. The van der Waals surface area contributed by atoms with Crippen LogP contribution in [-0.4, -0.2) is 0 Å². The van der Waals surface area contributed by atoms with Crippen LogP contribution in [0.1, 0.15) is 33.4 Å². The highest BCUT2D eigenvalue weighted by molar-refractivity contribution is 6.00. The zero-order chi connectivity index (χ0) is 24.4. The van der Waals surface area contributed by atoms with Crippen molar-refractivity contribution in [2.75, 3.05) is 0 Å².